The molecule has 0 aliphatic carbocycles. The van der Waals surface area contributed by atoms with Crippen LogP contribution in [0.4, 0.5) is 0 Å². The van der Waals surface area contributed by atoms with Crippen molar-refractivity contribution in [2.45, 2.75) is 13.1 Å². The van der Waals surface area contributed by atoms with Crippen LogP contribution < -0.4 is 20.7 Å². The van der Waals surface area contributed by atoms with Gasteiger partial charge in [-0.05, 0) is 11.6 Å². The maximum atomic E-state index is 11.9. The second-order valence-corrected chi connectivity index (χ2v) is 5.35. The average molecular weight is 340 g/mol. The summed E-state index contributed by atoms with van der Waals surface area (Å²) in [6.45, 7) is 1.21. The largest absolute Gasteiger partial charge is 0.496 e. The Morgan fingerprint density at radius 1 is 0.960 bits per heavy atom. The van der Waals surface area contributed by atoms with Gasteiger partial charge in [0.1, 0.15) is 5.75 Å². The molecule has 2 rings (SSSR count). The molecule has 0 bridgehead atoms. The second-order valence-electron chi connectivity index (χ2n) is 5.35. The first-order valence-electron chi connectivity index (χ1n) is 8.10. The van der Waals surface area contributed by atoms with Gasteiger partial charge in [-0.15, -0.1) is 0 Å². The van der Waals surface area contributed by atoms with Crippen molar-refractivity contribution in [2.24, 2.45) is 4.99 Å². The standard InChI is InChI=1S/C19H24N4O2/c1-20-19(22-13-16-10-6-7-11-17(16)25-2)23-14-18(24)21-12-15-8-4-3-5-9-15/h3-11H,12-14H2,1-2H3,(H,21,24)(H2,20,22,23). The van der Waals surface area contributed by atoms with Gasteiger partial charge in [-0.3, -0.25) is 9.79 Å². The zero-order valence-corrected chi connectivity index (χ0v) is 14.6. The van der Waals surface area contributed by atoms with E-state index in [-0.39, 0.29) is 12.5 Å². The lowest BCUT2D eigenvalue weighted by molar-refractivity contribution is -0.120. The van der Waals surface area contributed by atoms with Crippen molar-refractivity contribution in [1.82, 2.24) is 16.0 Å². The summed E-state index contributed by atoms with van der Waals surface area (Å²) < 4.78 is 5.32. The molecule has 2 aromatic carbocycles. The van der Waals surface area contributed by atoms with Gasteiger partial charge in [0.15, 0.2) is 5.96 Å². The van der Waals surface area contributed by atoms with Gasteiger partial charge in [0, 0.05) is 25.7 Å². The SMILES string of the molecule is CN=C(NCC(=O)NCc1ccccc1)NCc1ccccc1OC. The molecule has 0 heterocycles. The maximum Gasteiger partial charge on any atom is 0.239 e. The van der Waals surface area contributed by atoms with Crippen molar-refractivity contribution in [3.8, 4) is 5.75 Å². The Balaban J connectivity index is 1.75. The van der Waals surface area contributed by atoms with Crippen LogP contribution in [0.1, 0.15) is 11.1 Å². The van der Waals surface area contributed by atoms with Crippen LogP contribution in [0.5, 0.6) is 5.75 Å². The number of ether oxygens (including phenoxy) is 1. The van der Waals surface area contributed by atoms with E-state index in [1.807, 2.05) is 54.6 Å². The monoisotopic (exact) mass is 340 g/mol. The van der Waals surface area contributed by atoms with E-state index in [0.717, 1.165) is 16.9 Å². The van der Waals surface area contributed by atoms with Gasteiger partial charge in [-0.2, -0.15) is 0 Å². The summed E-state index contributed by atoms with van der Waals surface area (Å²) in [5, 5.41) is 9.03. The molecule has 0 spiro atoms. The minimum absolute atomic E-state index is 0.0934. The first-order chi connectivity index (χ1) is 12.2. The maximum absolute atomic E-state index is 11.9. The van der Waals surface area contributed by atoms with Crippen LogP contribution in [-0.2, 0) is 17.9 Å². The van der Waals surface area contributed by atoms with Crippen molar-refractivity contribution in [3.63, 3.8) is 0 Å². The van der Waals surface area contributed by atoms with Gasteiger partial charge < -0.3 is 20.7 Å². The minimum Gasteiger partial charge on any atom is -0.496 e. The van der Waals surface area contributed by atoms with Crippen LogP contribution >= 0.6 is 0 Å². The van der Waals surface area contributed by atoms with Crippen molar-refractivity contribution in [1.29, 1.82) is 0 Å². The Labute approximate surface area is 148 Å². The van der Waals surface area contributed by atoms with Crippen LogP contribution in [0.2, 0.25) is 0 Å². The third-order valence-electron chi connectivity index (χ3n) is 3.61. The molecule has 1 amide bonds. The normalized spacial score (nSPS) is 10.9. The zero-order chi connectivity index (χ0) is 17.9. The van der Waals surface area contributed by atoms with Gasteiger partial charge in [0.25, 0.3) is 0 Å². The van der Waals surface area contributed by atoms with E-state index in [9.17, 15) is 4.79 Å². The third-order valence-corrected chi connectivity index (χ3v) is 3.61. The van der Waals surface area contributed by atoms with Crippen LogP contribution in [0.25, 0.3) is 0 Å². The molecule has 0 saturated carbocycles. The molecule has 3 N–H and O–H groups in total. The van der Waals surface area contributed by atoms with E-state index < -0.39 is 0 Å². The lowest BCUT2D eigenvalue weighted by Gasteiger charge is -2.13. The van der Waals surface area contributed by atoms with Gasteiger partial charge in [-0.25, -0.2) is 0 Å². The number of para-hydroxylation sites is 1. The summed E-state index contributed by atoms with van der Waals surface area (Å²) in [6, 6.07) is 17.6. The van der Waals surface area contributed by atoms with E-state index in [1.54, 1.807) is 14.2 Å². The molecule has 0 aliphatic rings. The number of carbonyl (C=O) groups is 1. The number of nitrogens with one attached hydrogen (secondary N) is 3. The number of hydrogen-bond acceptors (Lipinski definition) is 3. The van der Waals surface area contributed by atoms with Gasteiger partial charge in [0.2, 0.25) is 5.91 Å². The number of carbonyl (C=O) groups excluding carboxylic acids is 1. The number of benzene rings is 2. The van der Waals surface area contributed by atoms with Crippen LogP contribution in [0.15, 0.2) is 59.6 Å². The van der Waals surface area contributed by atoms with E-state index >= 15 is 0 Å². The van der Waals surface area contributed by atoms with E-state index in [0.29, 0.717) is 19.0 Å². The highest BCUT2D eigenvalue weighted by atomic mass is 16.5. The summed E-state index contributed by atoms with van der Waals surface area (Å²) in [5.74, 6) is 1.27. The number of rotatable bonds is 7. The van der Waals surface area contributed by atoms with Gasteiger partial charge in [0.05, 0.1) is 13.7 Å². The molecular weight excluding hydrogens is 316 g/mol. The molecule has 0 atom stereocenters. The Morgan fingerprint density at radius 2 is 1.68 bits per heavy atom. The lowest BCUT2D eigenvalue weighted by Crippen LogP contribution is -2.42. The lowest BCUT2D eigenvalue weighted by atomic mass is 10.2. The highest BCUT2D eigenvalue weighted by Gasteiger charge is 2.05. The number of guanidine groups is 1. The fraction of sp³-hybridized carbons (Fsp3) is 0.263. The molecule has 2 aromatic rings. The molecule has 6 nitrogen and oxygen atoms in total. The fourth-order valence-corrected chi connectivity index (χ4v) is 2.27. The molecule has 6 heteroatoms. The number of amides is 1. The summed E-state index contributed by atoms with van der Waals surface area (Å²) in [5.41, 5.74) is 2.08. The molecule has 0 radical (unpaired) electrons. The number of methoxy groups -OCH3 is 1. The molecule has 0 fully saturated rings. The van der Waals surface area contributed by atoms with Crippen molar-refractivity contribution >= 4 is 11.9 Å². The third kappa shape index (κ3) is 6.18. The molecule has 0 unspecified atom stereocenters. The highest BCUT2D eigenvalue weighted by molar-refractivity contribution is 5.86. The molecule has 132 valence electrons. The van der Waals surface area contributed by atoms with E-state index in [1.165, 1.54) is 0 Å². The minimum atomic E-state index is -0.0934. The quantitative estimate of drug-likeness (QED) is 0.529. The Hall–Kier alpha value is -3.02. The molecule has 0 aromatic heterocycles. The predicted octanol–water partition coefficient (Wildman–Crippen LogP) is 1.68. The first-order valence-corrected chi connectivity index (χ1v) is 8.10. The highest BCUT2D eigenvalue weighted by Crippen LogP contribution is 2.16. The fourth-order valence-electron chi connectivity index (χ4n) is 2.27. The molecule has 0 aliphatic heterocycles. The van der Waals surface area contributed by atoms with Crippen molar-refractivity contribution < 1.29 is 9.53 Å². The Bertz CT molecular complexity index is 702. The number of nitrogens with zero attached hydrogens (tertiary/aromatic N) is 1. The number of aliphatic imine (C=N–C) groups is 1. The summed E-state index contributed by atoms with van der Waals surface area (Å²) >= 11 is 0. The topological polar surface area (TPSA) is 74.8 Å². The van der Waals surface area contributed by atoms with Crippen LogP contribution in [0.3, 0.4) is 0 Å². The predicted molar refractivity (Wildman–Crippen MR) is 99.5 cm³/mol. The van der Waals surface area contributed by atoms with Gasteiger partial charge in [-0.1, -0.05) is 48.5 Å². The van der Waals surface area contributed by atoms with Gasteiger partial charge >= 0.3 is 0 Å². The number of hydrogen-bond donors (Lipinski definition) is 3. The summed E-state index contributed by atoms with van der Waals surface area (Å²) in [6.07, 6.45) is 0. The van der Waals surface area contributed by atoms with Crippen molar-refractivity contribution in [2.75, 3.05) is 20.7 Å². The Morgan fingerprint density at radius 3 is 2.40 bits per heavy atom. The average Bonchev–Trinajstić information content (AvgIpc) is 2.67. The van der Waals surface area contributed by atoms with E-state index in [4.69, 9.17) is 4.74 Å². The Kier molecular flexibility index (Phi) is 7.31. The van der Waals surface area contributed by atoms with Crippen LogP contribution in [0, 0.1) is 0 Å². The molecule has 25 heavy (non-hydrogen) atoms. The van der Waals surface area contributed by atoms with Crippen molar-refractivity contribution in [3.05, 3.63) is 65.7 Å². The van der Waals surface area contributed by atoms with E-state index in [2.05, 4.69) is 20.9 Å². The second kappa shape index (κ2) is 9.97. The smallest absolute Gasteiger partial charge is 0.239 e. The zero-order valence-electron chi connectivity index (χ0n) is 14.6. The molecule has 0 saturated heterocycles. The summed E-state index contributed by atoms with van der Waals surface area (Å²) in [7, 11) is 3.31. The van der Waals surface area contributed by atoms with Crippen LogP contribution in [-0.4, -0.2) is 32.6 Å². The first kappa shape index (κ1) is 18.3. The molecular formula is C19H24N4O2. The summed E-state index contributed by atoms with van der Waals surface area (Å²) in [4.78, 5) is 16.1.